The van der Waals surface area contributed by atoms with Gasteiger partial charge in [-0.25, -0.2) is 0 Å². The van der Waals surface area contributed by atoms with Crippen molar-refractivity contribution >= 4 is 33.4 Å². The van der Waals surface area contributed by atoms with E-state index in [1.165, 1.54) is 12.1 Å². The smallest absolute Gasteiger partial charge is 0.320 e. The van der Waals surface area contributed by atoms with E-state index in [0.717, 1.165) is 6.07 Å². The second-order valence-electron chi connectivity index (χ2n) is 2.25. The van der Waals surface area contributed by atoms with Crippen molar-refractivity contribution in [3.05, 3.63) is 28.8 Å². The Hall–Kier alpha value is -0.420. The van der Waals surface area contributed by atoms with E-state index in [-0.39, 0.29) is 10.7 Å². The highest BCUT2D eigenvalue weighted by Gasteiger charge is 2.34. The van der Waals surface area contributed by atoms with Gasteiger partial charge in [0.15, 0.2) is 0 Å². The van der Waals surface area contributed by atoms with E-state index >= 15 is 0 Å². The number of anilines is 1. The summed E-state index contributed by atoms with van der Waals surface area (Å²) in [4.78, 5) is 0. The SMILES string of the molecule is FC(F)(F)c1cccc(Cl)c1NBr. The third-order valence-electron chi connectivity index (χ3n) is 1.41. The van der Waals surface area contributed by atoms with E-state index in [9.17, 15) is 13.2 Å². The largest absolute Gasteiger partial charge is 0.418 e. The summed E-state index contributed by atoms with van der Waals surface area (Å²) in [6, 6.07) is 3.58. The van der Waals surface area contributed by atoms with E-state index in [1.54, 1.807) is 0 Å². The summed E-state index contributed by atoms with van der Waals surface area (Å²) in [5.41, 5.74) is -0.964. The van der Waals surface area contributed by atoms with Gasteiger partial charge in [0.25, 0.3) is 0 Å². The number of nitrogens with one attached hydrogen (secondary N) is 1. The van der Waals surface area contributed by atoms with Crippen molar-refractivity contribution in [3.63, 3.8) is 0 Å². The summed E-state index contributed by atoms with van der Waals surface area (Å²) < 4.78 is 39.1. The van der Waals surface area contributed by atoms with Gasteiger partial charge in [-0.05, 0) is 12.1 Å². The Balaban J connectivity index is 3.29. The maximum absolute atomic E-state index is 12.3. The van der Waals surface area contributed by atoms with E-state index < -0.39 is 11.7 Å². The third-order valence-corrected chi connectivity index (χ3v) is 2.12. The van der Waals surface area contributed by atoms with E-state index in [4.69, 9.17) is 11.6 Å². The van der Waals surface area contributed by atoms with Crippen LogP contribution in [-0.4, -0.2) is 0 Å². The molecule has 0 aromatic heterocycles. The molecule has 1 aromatic carbocycles. The van der Waals surface area contributed by atoms with E-state index in [0.29, 0.717) is 0 Å². The average molecular weight is 274 g/mol. The standard InChI is InChI=1S/C7H4BrClF3N/c8-13-6-4(7(10,11)12)2-1-3-5(6)9/h1-3,13H. The van der Waals surface area contributed by atoms with Gasteiger partial charge in [0.1, 0.15) is 0 Å². The van der Waals surface area contributed by atoms with Gasteiger partial charge in [0.2, 0.25) is 0 Å². The Morgan fingerprint density at radius 1 is 1.31 bits per heavy atom. The monoisotopic (exact) mass is 273 g/mol. The number of hydrogen-bond acceptors (Lipinski definition) is 1. The van der Waals surface area contributed by atoms with Crippen LogP contribution >= 0.6 is 27.7 Å². The number of para-hydroxylation sites is 1. The van der Waals surface area contributed by atoms with Crippen LogP contribution in [0.15, 0.2) is 18.2 Å². The molecule has 1 aromatic rings. The molecule has 1 rings (SSSR count). The van der Waals surface area contributed by atoms with Crippen LogP contribution in [0.4, 0.5) is 18.9 Å². The van der Waals surface area contributed by atoms with E-state index in [2.05, 4.69) is 20.5 Å². The molecule has 13 heavy (non-hydrogen) atoms. The highest BCUT2D eigenvalue weighted by atomic mass is 79.9. The Kier molecular flexibility index (Phi) is 3.08. The Labute approximate surface area is 86.2 Å². The molecule has 1 N–H and O–H groups in total. The van der Waals surface area contributed by atoms with Gasteiger partial charge in [-0.3, -0.25) is 0 Å². The zero-order chi connectivity index (χ0) is 10.1. The predicted molar refractivity (Wildman–Crippen MR) is 49.0 cm³/mol. The van der Waals surface area contributed by atoms with Crippen LogP contribution < -0.4 is 4.34 Å². The van der Waals surface area contributed by atoms with Crippen molar-refractivity contribution in [1.29, 1.82) is 0 Å². The van der Waals surface area contributed by atoms with Gasteiger partial charge in [0, 0.05) is 16.1 Å². The molecule has 0 aliphatic rings. The van der Waals surface area contributed by atoms with Crippen LogP contribution in [0.5, 0.6) is 0 Å². The number of halogens is 5. The fourth-order valence-corrected chi connectivity index (χ4v) is 1.62. The van der Waals surface area contributed by atoms with Gasteiger partial charge in [-0.2, -0.15) is 13.2 Å². The number of rotatable bonds is 1. The van der Waals surface area contributed by atoms with Crippen LogP contribution in [-0.2, 0) is 6.18 Å². The molecule has 0 aliphatic carbocycles. The van der Waals surface area contributed by atoms with Gasteiger partial charge >= 0.3 is 6.18 Å². The molecule has 0 heterocycles. The molecule has 0 spiro atoms. The summed E-state index contributed by atoms with van der Waals surface area (Å²) in [5, 5.41) is 0.0201. The van der Waals surface area contributed by atoms with Crippen LogP contribution in [0.1, 0.15) is 5.56 Å². The molecule has 0 atom stereocenters. The van der Waals surface area contributed by atoms with Gasteiger partial charge < -0.3 is 4.34 Å². The molecule has 0 bridgehead atoms. The lowest BCUT2D eigenvalue weighted by atomic mass is 10.2. The topological polar surface area (TPSA) is 12.0 Å². The molecule has 0 amide bonds. The quantitative estimate of drug-likeness (QED) is 0.761. The number of benzene rings is 1. The van der Waals surface area contributed by atoms with Crippen molar-refractivity contribution in [2.45, 2.75) is 6.18 Å². The summed E-state index contributed by atoms with van der Waals surface area (Å²) in [6.07, 6.45) is -4.40. The zero-order valence-corrected chi connectivity index (χ0v) is 8.46. The zero-order valence-electron chi connectivity index (χ0n) is 6.12. The predicted octanol–water partition coefficient (Wildman–Crippen LogP) is 4.08. The normalized spacial score (nSPS) is 11.5. The second-order valence-corrected chi connectivity index (χ2v) is 3.06. The minimum absolute atomic E-state index is 0.0201. The molecule has 0 radical (unpaired) electrons. The molecule has 0 aliphatic heterocycles. The summed E-state index contributed by atoms with van der Waals surface area (Å²) in [6.45, 7) is 0. The molecular formula is C7H4BrClF3N. The maximum Gasteiger partial charge on any atom is 0.418 e. The third kappa shape index (κ3) is 2.28. The van der Waals surface area contributed by atoms with Crippen LogP contribution in [0.2, 0.25) is 5.02 Å². The van der Waals surface area contributed by atoms with Crippen molar-refractivity contribution in [2.24, 2.45) is 0 Å². The second kappa shape index (κ2) is 3.75. The van der Waals surface area contributed by atoms with Crippen LogP contribution in [0, 0.1) is 0 Å². The molecule has 0 fully saturated rings. The Bertz CT molecular complexity index is 313. The van der Waals surface area contributed by atoms with Gasteiger partial charge in [0.05, 0.1) is 16.3 Å². The number of hydrogen-bond donors (Lipinski definition) is 1. The van der Waals surface area contributed by atoms with Gasteiger partial charge in [-0.15, -0.1) is 0 Å². The molecule has 0 saturated heterocycles. The van der Waals surface area contributed by atoms with Crippen molar-refractivity contribution in [3.8, 4) is 0 Å². The number of alkyl halides is 3. The molecule has 6 heteroatoms. The molecule has 1 nitrogen and oxygen atoms in total. The highest BCUT2D eigenvalue weighted by Crippen LogP contribution is 2.38. The van der Waals surface area contributed by atoms with Crippen LogP contribution in [0.25, 0.3) is 0 Å². The first-order valence-electron chi connectivity index (χ1n) is 3.19. The first kappa shape index (κ1) is 10.7. The maximum atomic E-state index is 12.3. The molecule has 0 saturated carbocycles. The summed E-state index contributed by atoms with van der Waals surface area (Å²) >= 11 is 8.26. The molecule has 72 valence electrons. The van der Waals surface area contributed by atoms with Gasteiger partial charge in [-0.1, -0.05) is 17.7 Å². The first-order chi connectivity index (χ1) is 5.96. The van der Waals surface area contributed by atoms with Crippen molar-refractivity contribution in [2.75, 3.05) is 4.34 Å². The minimum atomic E-state index is -4.40. The van der Waals surface area contributed by atoms with E-state index in [1.807, 2.05) is 0 Å². The first-order valence-corrected chi connectivity index (χ1v) is 4.36. The lowest BCUT2D eigenvalue weighted by Crippen LogP contribution is -2.07. The lowest BCUT2D eigenvalue weighted by molar-refractivity contribution is -0.136. The summed E-state index contributed by atoms with van der Waals surface area (Å²) in [7, 11) is 0. The fraction of sp³-hybridized carbons (Fsp3) is 0.143. The summed E-state index contributed by atoms with van der Waals surface area (Å²) in [5.74, 6) is 0. The Morgan fingerprint density at radius 2 is 1.92 bits per heavy atom. The highest BCUT2D eigenvalue weighted by molar-refractivity contribution is 9.10. The molecular weight excluding hydrogens is 270 g/mol. The van der Waals surface area contributed by atoms with Crippen LogP contribution in [0.3, 0.4) is 0 Å². The minimum Gasteiger partial charge on any atom is -0.320 e. The van der Waals surface area contributed by atoms with Crippen molar-refractivity contribution in [1.82, 2.24) is 0 Å². The Morgan fingerprint density at radius 3 is 2.31 bits per heavy atom. The van der Waals surface area contributed by atoms with Crippen molar-refractivity contribution < 1.29 is 13.2 Å². The molecule has 0 unspecified atom stereocenters. The lowest BCUT2D eigenvalue weighted by Gasteiger charge is -2.12. The average Bonchev–Trinajstić information content (AvgIpc) is 2.02. The fourth-order valence-electron chi connectivity index (χ4n) is 0.856.